The Labute approximate surface area is 210 Å². The van der Waals surface area contributed by atoms with Gasteiger partial charge in [-0.1, -0.05) is 0 Å². The van der Waals surface area contributed by atoms with E-state index in [0.29, 0.717) is 54.9 Å². The van der Waals surface area contributed by atoms with Crippen molar-refractivity contribution in [1.29, 1.82) is 0 Å². The summed E-state index contributed by atoms with van der Waals surface area (Å²) in [7, 11) is -3.64. The van der Waals surface area contributed by atoms with Crippen LogP contribution >= 0.6 is 0 Å². The van der Waals surface area contributed by atoms with Gasteiger partial charge in [0.05, 0.1) is 22.8 Å². The van der Waals surface area contributed by atoms with E-state index in [2.05, 4.69) is 4.98 Å². The molecule has 4 rings (SSSR count). The Kier molecular flexibility index (Phi) is 7.51. The van der Waals surface area contributed by atoms with Crippen molar-refractivity contribution >= 4 is 21.7 Å². The molecule has 1 aromatic heterocycles. The van der Waals surface area contributed by atoms with Crippen LogP contribution in [-0.2, 0) is 14.8 Å². The predicted molar refractivity (Wildman–Crippen MR) is 133 cm³/mol. The first-order chi connectivity index (χ1) is 17.1. The molecule has 1 aliphatic heterocycles. The third kappa shape index (κ3) is 5.80. The number of hydrogen-bond acceptors (Lipinski definition) is 8. The van der Waals surface area contributed by atoms with Crippen LogP contribution in [0.1, 0.15) is 19.6 Å². The van der Waals surface area contributed by atoms with E-state index in [-0.39, 0.29) is 11.0 Å². The van der Waals surface area contributed by atoms with E-state index in [1.807, 2.05) is 24.8 Å². The number of aliphatic carboxylic acids is 1. The first kappa shape index (κ1) is 25.5. The lowest BCUT2D eigenvalue weighted by Crippen LogP contribution is -2.48. The van der Waals surface area contributed by atoms with Gasteiger partial charge in [-0.2, -0.15) is 4.31 Å². The quantitative estimate of drug-likeness (QED) is 0.457. The standard InChI is InChI=1S/C25H29N3O7S/c1-17(2)34-20-5-7-21(8-6-20)36(31,32)28-12-10-27(11-13-28)19-4-9-22(25-26-15-18(3)35-25)23(14-19)33-16-24(29)30/h4-9,14-15,17H,10-13,16H2,1-3H3,(H,29,30). The number of ether oxygens (including phenoxy) is 2. The number of aryl methyl sites for hydroxylation is 1. The molecule has 1 fully saturated rings. The highest BCUT2D eigenvalue weighted by atomic mass is 32.2. The zero-order valence-corrected chi connectivity index (χ0v) is 21.2. The van der Waals surface area contributed by atoms with Crippen molar-refractivity contribution in [2.75, 3.05) is 37.7 Å². The third-order valence-corrected chi connectivity index (χ3v) is 7.52. The lowest BCUT2D eigenvalue weighted by atomic mass is 10.1. The molecule has 0 aliphatic carbocycles. The van der Waals surface area contributed by atoms with Crippen LogP contribution < -0.4 is 14.4 Å². The predicted octanol–water partition coefficient (Wildman–Crippen LogP) is 3.41. The van der Waals surface area contributed by atoms with Crippen molar-refractivity contribution in [3.63, 3.8) is 0 Å². The fraction of sp³-hybridized carbons (Fsp3) is 0.360. The molecule has 10 nitrogen and oxygen atoms in total. The van der Waals surface area contributed by atoms with Crippen molar-refractivity contribution < 1.29 is 32.2 Å². The minimum absolute atomic E-state index is 0.00380. The lowest BCUT2D eigenvalue weighted by molar-refractivity contribution is -0.139. The molecular formula is C25H29N3O7S. The molecule has 36 heavy (non-hydrogen) atoms. The highest BCUT2D eigenvalue weighted by Gasteiger charge is 2.29. The van der Waals surface area contributed by atoms with Gasteiger partial charge < -0.3 is 23.9 Å². The number of piperazine rings is 1. The Balaban J connectivity index is 1.48. The second kappa shape index (κ2) is 10.6. The van der Waals surface area contributed by atoms with E-state index >= 15 is 0 Å². The number of hydrogen-bond donors (Lipinski definition) is 1. The first-order valence-electron chi connectivity index (χ1n) is 11.6. The van der Waals surface area contributed by atoms with Crippen LogP contribution in [0.3, 0.4) is 0 Å². The topological polar surface area (TPSA) is 122 Å². The Hall–Kier alpha value is -3.57. The number of carbonyl (C=O) groups is 1. The summed E-state index contributed by atoms with van der Waals surface area (Å²) < 4.78 is 44.5. The van der Waals surface area contributed by atoms with Crippen molar-refractivity contribution in [2.45, 2.75) is 31.8 Å². The molecule has 1 N–H and O–H groups in total. The average molecular weight is 516 g/mol. The van der Waals surface area contributed by atoms with E-state index in [4.69, 9.17) is 19.0 Å². The van der Waals surface area contributed by atoms with Gasteiger partial charge in [0, 0.05) is 37.9 Å². The molecule has 3 aromatic rings. The number of sulfonamides is 1. The molecule has 2 aromatic carbocycles. The van der Waals surface area contributed by atoms with E-state index in [1.165, 1.54) is 4.31 Å². The lowest BCUT2D eigenvalue weighted by Gasteiger charge is -2.35. The molecule has 1 saturated heterocycles. The van der Waals surface area contributed by atoms with Gasteiger partial charge in [-0.15, -0.1) is 0 Å². The van der Waals surface area contributed by atoms with Crippen molar-refractivity contribution in [2.24, 2.45) is 0 Å². The van der Waals surface area contributed by atoms with Gasteiger partial charge >= 0.3 is 5.97 Å². The van der Waals surface area contributed by atoms with Gasteiger partial charge in [-0.25, -0.2) is 18.2 Å². The van der Waals surface area contributed by atoms with Crippen LogP contribution in [-0.4, -0.2) is 67.7 Å². The summed E-state index contributed by atoms with van der Waals surface area (Å²) in [4.78, 5) is 17.5. The molecule has 0 amide bonds. The van der Waals surface area contributed by atoms with Crippen molar-refractivity contribution in [3.05, 3.63) is 54.4 Å². The fourth-order valence-corrected chi connectivity index (χ4v) is 5.34. The molecule has 0 unspecified atom stereocenters. The van der Waals surface area contributed by atoms with Gasteiger partial charge in [-0.3, -0.25) is 0 Å². The van der Waals surface area contributed by atoms with Crippen LogP contribution in [0.15, 0.2) is 58.0 Å². The molecule has 0 atom stereocenters. The summed E-state index contributed by atoms with van der Waals surface area (Å²) in [6.07, 6.45) is 1.58. The molecule has 11 heteroatoms. The number of carboxylic acid groups (broad SMARTS) is 1. The van der Waals surface area contributed by atoms with Gasteiger partial charge in [-0.05, 0) is 57.2 Å². The average Bonchev–Trinajstić information content (AvgIpc) is 3.28. The highest BCUT2D eigenvalue weighted by molar-refractivity contribution is 7.89. The van der Waals surface area contributed by atoms with Crippen LogP contribution in [0.2, 0.25) is 0 Å². The zero-order chi connectivity index (χ0) is 25.9. The first-order valence-corrected chi connectivity index (χ1v) is 13.0. The molecule has 0 spiro atoms. The Bertz CT molecular complexity index is 1310. The van der Waals surface area contributed by atoms with Crippen LogP contribution in [0.4, 0.5) is 5.69 Å². The number of oxazole rings is 1. The maximum Gasteiger partial charge on any atom is 0.341 e. The minimum Gasteiger partial charge on any atom is -0.491 e. The van der Waals surface area contributed by atoms with Crippen LogP contribution in [0.25, 0.3) is 11.5 Å². The summed E-state index contributed by atoms with van der Waals surface area (Å²) in [5.41, 5.74) is 1.33. The van der Waals surface area contributed by atoms with Crippen LogP contribution in [0.5, 0.6) is 11.5 Å². The highest BCUT2D eigenvalue weighted by Crippen LogP contribution is 2.34. The van der Waals surface area contributed by atoms with E-state index < -0.39 is 22.6 Å². The number of aromatic nitrogens is 1. The van der Waals surface area contributed by atoms with E-state index in [0.717, 1.165) is 5.69 Å². The molecule has 0 saturated carbocycles. The third-order valence-electron chi connectivity index (χ3n) is 5.61. The molecule has 0 bridgehead atoms. The summed E-state index contributed by atoms with van der Waals surface area (Å²) in [5.74, 6) is 0.809. The summed E-state index contributed by atoms with van der Waals surface area (Å²) in [5, 5.41) is 9.07. The summed E-state index contributed by atoms with van der Waals surface area (Å²) in [6, 6.07) is 11.8. The molecule has 1 aliphatic rings. The fourth-order valence-electron chi connectivity index (χ4n) is 3.92. The maximum absolute atomic E-state index is 13.1. The van der Waals surface area contributed by atoms with Gasteiger partial charge in [0.1, 0.15) is 17.3 Å². The second-order valence-electron chi connectivity index (χ2n) is 8.67. The molecule has 2 heterocycles. The summed E-state index contributed by atoms with van der Waals surface area (Å²) in [6.45, 7) is 6.61. The number of rotatable bonds is 9. The number of nitrogens with zero attached hydrogens (tertiary/aromatic N) is 3. The number of carboxylic acids is 1. The van der Waals surface area contributed by atoms with Gasteiger partial charge in [0.25, 0.3) is 0 Å². The molecule has 192 valence electrons. The molecule has 0 radical (unpaired) electrons. The Morgan fingerprint density at radius 1 is 1.11 bits per heavy atom. The van der Waals surface area contributed by atoms with Crippen molar-refractivity contribution in [1.82, 2.24) is 9.29 Å². The normalized spacial score (nSPS) is 14.7. The van der Waals surface area contributed by atoms with Gasteiger partial charge in [0.15, 0.2) is 6.61 Å². The van der Waals surface area contributed by atoms with Gasteiger partial charge in [0.2, 0.25) is 15.9 Å². The minimum atomic E-state index is -3.64. The second-order valence-corrected chi connectivity index (χ2v) is 10.6. The monoisotopic (exact) mass is 515 g/mol. The van der Waals surface area contributed by atoms with Crippen LogP contribution in [0, 0.1) is 6.92 Å². The Morgan fingerprint density at radius 2 is 1.81 bits per heavy atom. The zero-order valence-electron chi connectivity index (χ0n) is 20.4. The molecular weight excluding hydrogens is 486 g/mol. The maximum atomic E-state index is 13.1. The summed E-state index contributed by atoms with van der Waals surface area (Å²) >= 11 is 0. The van der Waals surface area contributed by atoms with Crippen molar-refractivity contribution in [3.8, 4) is 23.0 Å². The van der Waals surface area contributed by atoms with E-state index in [9.17, 15) is 13.2 Å². The van der Waals surface area contributed by atoms with E-state index in [1.54, 1.807) is 49.5 Å². The largest absolute Gasteiger partial charge is 0.491 e. The smallest absolute Gasteiger partial charge is 0.341 e. The number of anilines is 1. The Morgan fingerprint density at radius 3 is 2.39 bits per heavy atom. The number of benzene rings is 2. The SMILES string of the molecule is Cc1cnc(-c2ccc(N3CCN(S(=O)(=O)c4ccc(OC(C)C)cc4)CC3)cc2OCC(=O)O)o1.